The molecule has 2 heterocycles. The van der Waals surface area contributed by atoms with Gasteiger partial charge in [0.05, 0.1) is 23.8 Å². The molecule has 0 radical (unpaired) electrons. The molecule has 0 atom stereocenters. The molecule has 5 aromatic rings. The van der Waals surface area contributed by atoms with Crippen molar-refractivity contribution in [3.8, 4) is 28.6 Å². The van der Waals surface area contributed by atoms with Gasteiger partial charge in [-0.2, -0.15) is 9.78 Å². The highest BCUT2D eigenvalue weighted by atomic mass is 16.6. The summed E-state index contributed by atoms with van der Waals surface area (Å²) in [7, 11) is 1.37. The van der Waals surface area contributed by atoms with Crippen LogP contribution in [0.25, 0.3) is 17.1 Å². The molecule has 0 bridgehead atoms. The van der Waals surface area contributed by atoms with Crippen molar-refractivity contribution in [2.75, 3.05) is 12.8 Å². The average molecular weight is 584 g/mol. The van der Waals surface area contributed by atoms with Gasteiger partial charge in [-0.1, -0.05) is 41.6 Å². The van der Waals surface area contributed by atoms with Crippen molar-refractivity contribution in [3.63, 3.8) is 0 Å². The van der Waals surface area contributed by atoms with Crippen molar-refractivity contribution in [2.24, 2.45) is 5.10 Å². The fourth-order valence-electron chi connectivity index (χ4n) is 4.03. The number of benzene rings is 3. The smallest absolute Gasteiger partial charge is 0.344 e. The maximum Gasteiger partial charge on any atom is 0.344 e. The number of hydrazone groups is 1. The van der Waals surface area contributed by atoms with Gasteiger partial charge in [0, 0.05) is 17.2 Å². The number of nitrogen functional groups attached to an aromatic ring is 1. The maximum atomic E-state index is 13.3. The number of rotatable bonds is 9. The first-order valence-electron chi connectivity index (χ1n) is 12.4. The minimum absolute atomic E-state index is 0.0259. The second-order valence-corrected chi connectivity index (χ2v) is 8.74. The van der Waals surface area contributed by atoms with E-state index >= 15 is 0 Å². The highest BCUT2D eigenvalue weighted by Crippen LogP contribution is 2.30. The predicted octanol–water partition coefficient (Wildman–Crippen LogP) is 3.11. The van der Waals surface area contributed by atoms with Gasteiger partial charge in [-0.05, 0) is 47.1 Å². The van der Waals surface area contributed by atoms with Crippen molar-refractivity contribution >= 4 is 29.6 Å². The number of nitrogens with one attached hydrogen (secondary N) is 1. The highest BCUT2D eigenvalue weighted by Gasteiger charge is 2.26. The summed E-state index contributed by atoms with van der Waals surface area (Å²) in [5, 5.41) is 30.6. The van der Waals surface area contributed by atoms with Crippen LogP contribution in [-0.4, -0.2) is 55.4 Å². The number of aromatic nitrogens is 5. The Kier molecular flexibility index (Phi) is 7.82. The number of carbonyl (C=O) groups excluding carboxylic acids is 2. The Bertz CT molecular complexity index is 1870. The predicted molar refractivity (Wildman–Crippen MR) is 150 cm³/mol. The van der Waals surface area contributed by atoms with Gasteiger partial charge < -0.3 is 15.2 Å². The molecule has 16 nitrogen and oxygen atoms in total. The van der Waals surface area contributed by atoms with E-state index in [1.807, 2.05) is 6.07 Å². The summed E-state index contributed by atoms with van der Waals surface area (Å²) >= 11 is 0. The Labute approximate surface area is 241 Å². The highest BCUT2D eigenvalue weighted by molar-refractivity contribution is 5.99. The van der Waals surface area contributed by atoms with E-state index in [1.54, 1.807) is 30.3 Å². The summed E-state index contributed by atoms with van der Waals surface area (Å²) in [6, 6.07) is 17.5. The van der Waals surface area contributed by atoms with Crippen LogP contribution in [0, 0.1) is 17.0 Å². The standard InChI is InChI=1S/C27H21N9O7/c1-15-18(9-6-10-19(15)36(39)40)27(38)42-20-12-11-16(13-21(20)41-2)14-29-31-26(37)23-22(17-7-4-3-5-8-17)30-34-35(23)25-24(28)32-43-33-25/h3-14H,1-2H3,(H2,28,32)(H,31,37). The summed E-state index contributed by atoms with van der Waals surface area (Å²) in [5.74, 6) is -1.37. The number of methoxy groups -OCH3 is 1. The van der Waals surface area contributed by atoms with Crippen LogP contribution in [0.1, 0.15) is 32.0 Å². The Morgan fingerprint density at radius 2 is 1.88 bits per heavy atom. The zero-order valence-corrected chi connectivity index (χ0v) is 22.5. The quantitative estimate of drug-likeness (QED) is 0.0841. The number of nitrogens with two attached hydrogens (primary N) is 1. The number of hydrogen-bond donors (Lipinski definition) is 2. The van der Waals surface area contributed by atoms with E-state index in [0.717, 1.165) is 4.68 Å². The molecule has 16 heteroatoms. The summed E-state index contributed by atoms with van der Waals surface area (Å²) in [6.07, 6.45) is 1.33. The molecule has 0 saturated carbocycles. The lowest BCUT2D eigenvalue weighted by Crippen LogP contribution is -2.22. The van der Waals surface area contributed by atoms with E-state index in [0.29, 0.717) is 11.1 Å². The molecule has 43 heavy (non-hydrogen) atoms. The zero-order chi connectivity index (χ0) is 30.5. The Hall–Kier alpha value is -6.45. The molecular formula is C27H21N9O7. The van der Waals surface area contributed by atoms with Gasteiger partial charge in [-0.15, -0.1) is 5.10 Å². The number of anilines is 1. The Morgan fingerprint density at radius 1 is 1.09 bits per heavy atom. The molecular weight excluding hydrogens is 562 g/mol. The SMILES string of the molecule is COc1cc(C=NNC(=O)c2c(-c3ccccc3)nnn2-c2nonc2N)ccc1OC(=O)c1cccc([N+](=O)[O-])c1C. The number of carbonyl (C=O) groups is 2. The van der Waals surface area contributed by atoms with Crippen molar-refractivity contribution in [1.82, 2.24) is 30.7 Å². The first-order valence-corrected chi connectivity index (χ1v) is 12.4. The molecule has 0 spiro atoms. The molecule has 0 aliphatic heterocycles. The molecule has 0 unspecified atom stereocenters. The van der Waals surface area contributed by atoms with Crippen molar-refractivity contribution in [2.45, 2.75) is 6.92 Å². The normalized spacial score (nSPS) is 10.9. The fourth-order valence-corrected chi connectivity index (χ4v) is 4.03. The van der Waals surface area contributed by atoms with E-state index in [9.17, 15) is 19.7 Å². The summed E-state index contributed by atoms with van der Waals surface area (Å²) in [6.45, 7) is 1.46. The summed E-state index contributed by atoms with van der Waals surface area (Å²) in [5.41, 5.74) is 9.53. The first kappa shape index (κ1) is 28.1. The third-order valence-electron chi connectivity index (χ3n) is 6.12. The monoisotopic (exact) mass is 583 g/mol. The third kappa shape index (κ3) is 5.73. The average Bonchev–Trinajstić information content (AvgIpc) is 3.64. The third-order valence-corrected chi connectivity index (χ3v) is 6.12. The van der Waals surface area contributed by atoms with Gasteiger partial charge in [0.25, 0.3) is 11.6 Å². The van der Waals surface area contributed by atoms with Crippen LogP contribution in [0.15, 0.2) is 76.5 Å². The minimum Gasteiger partial charge on any atom is -0.493 e. The number of nitro groups is 1. The number of hydrogen-bond acceptors (Lipinski definition) is 13. The van der Waals surface area contributed by atoms with Crippen LogP contribution in [0.4, 0.5) is 11.5 Å². The Morgan fingerprint density at radius 3 is 2.58 bits per heavy atom. The maximum absolute atomic E-state index is 13.3. The molecule has 5 rings (SSSR count). The molecule has 0 aliphatic rings. The van der Waals surface area contributed by atoms with Gasteiger partial charge in [0.2, 0.25) is 11.6 Å². The van der Waals surface area contributed by atoms with Gasteiger partial charge in [-0.25, -0.2) is 14.8 Å². The number of amides is 1. The fraction of sp³-hybridized carbons (Fsp3) is 0.0741. The molecule has 0 saturated heterocycles. The van der Waals surface area contributed by atoms with Gasteiger partial charge in [0.15, 0.2) is 17.2 Å². The van der Waals surface area contributed by atoms with E-state index in [2.05, 4.69) is 35.8 Å². The number of nitro benzene ring substituents is 1. The summed E-state index contributed by atoms with van der Waals surface area (Å²) < 4.78 is 16.5. The lowest BCUT2D eigenvalue weighted by atomic mass is 10.1. The number of nitrogens with zero attached hydrogens (tertiary/aromatic N) is 7. The first-order chi connectivity index (χ1) is 20.8. The number of esters is 1. The van der Waals surface area contributed by atoms with Crippen LogP contribution >= 0.6 is 0 Å². The molecule has 0 fully saturated rings. The van der Waals surface area contributed by atoms with Crippen molar-refractivity contribution < 1.29 is 28.6 Å². The van der Waals surface area contributed by atoms with Gasteiger partial charge >= 0.3 is 5.97 Å². The van der Waals surface area contributed by atoms with Crippen LogP contribution in [0.3, 0.4) is 0 Å². The van der Waals surface area contributed by atoms with Crippen molar-refractivity contribution in [1.29, 1.82) is 0 Å². The lowest BCUT2D eigenvalue weighted by molar-refractivity contribution is -0.385. The lowest BCUT2D eigenvalue weighted by Gasteiger charge is -2.11. The molecule has 1 amide bonds. The van der Waals surface area contributed by atoms with Crippen LogP contribution < -0.4 is 20.6 Å². The van der Waals surface area contributed by atoms with Gasteiger partial charge in [0.1, 0.15) is 5.69 Å². The topological polar surface area (TPSA) is 216 Å². The molecule has 3 N–H and O–H groups in total. The summed E-state index contributed by atoms with van der Waals surface area (Å²) in [4.78, 5) is 36.7. The van der Waals surface area contributed by atoms with E-state index in [4.69, 9.17) is 15.2 Å². The second-order valence-electron chi connectivity index (χ2n) is 8.74. The minimum atomic E-state index is -0.796. The van der Waals surface area contributed by atoms with Crippen LogP contribution in [0.2, 0.25) is 0 Å². The zero-order valence-electron chi connectivity index (χ0n) is 22.5. The van der Waals surface area contributed by atoms with E-state index in [1.165, 1.54) is 50.6 Å². The van der Waals surface area contributed by atoms with Crippen LogP contribution in [0.5, 0.6) is 11.5 Å². The largest absolute Gasteiger partial charge is 0.493 e. The second kappa shape index (κ2) is 12.0. The van der Waals surface area contributed by atoms with Crippen molar-refractivity contribution in [3.05, 3.63) is 99.2 Å². The van der Waals surface area contributed by atoms with Gasteiger partial charge in [-0.3, -0.25) is 14.9 Å². The number of ether oxygens (including phenoxy) is 2. The Balaban J connectivity index is 1.36. The molecule has 2 aromatic heterocycles. The molecule has 3 aromatic carbocycles. The van der Waals surface area contributed by atoms with E-state index in [-0.39, 0.29) is 51.3 Å². The van der Waals surface area contributed by atoms with E-state index < -0.39 is 16.8 Å². The van der Waals surface area contributed by atoms with Crippen LogP contribution in [-0.2, 0) is 0 Å². The molecule has 0 aliphatic carbocycles. The molecule has 216 valence electrons.